The highest BCUT2D eigenvalue weighted by Crippen LogP contribution is 2.73. The zero-order chi connectivity index (χ0) is 33.1. The molecular formula is C34H52O12. The zero-order valence-corrected chi connectivity index (χ0v) is 27.2. The molecule has 0 aromatic carbocycles. The molecule has 0 bridgehead atoms. The number of rotatable bonds is 6. The molecule has 2 saturated heterocycles. The third-order valence-corrected chi connectivity index (χ3v) is 14.3. The number of hydrogen-bond acceptors (Lipinski definition) is 12. The van der Waals surface area contributed by atoms with Crippen LogP contribution in [-0.4, -0.2) is 122 Å². The summed E-state index contributed by atoms with van der Waals surface area (Å²) in [5, 5.41) is 74.5. The molecule has 3 aliphatic heterocycles. The third-order valence-electron chi connectivity index (χ3n) is 14.3. The Labute approximate surface area is 269 Å². The van der Waals surface area contributed by atoms with Crippen molar-refractivity contribution in [2.75, 3.05) is 13.2 Å². The third kappa shape index (κ3) is 4.58. The molecule has 260 valence electrons. The van der Waals surface area contributed by atoms with Crippen molar-refractivity contribution in [3.8, 4) is 0 Å². The second-order valence-corrected chi connectivity index (χ2v) is 16.1. The van der Waals surface area contributed by atoms with E-state index in [1.807, 2.05) is 13.8 Å². The maximum Gasteiger partial charge on any atom is 0.336 e. The number of fused-ring (bicyclic) bond motifs is 8. The minimum absolute atomic E-state index is 0.0152. The molecular weight excluding hydrogens is 600 g/mol. The number of carbonyl (C=O) groups is 1. The topological polar surface area (TPSA) is 199 Å². The first kappa shape index (κ1) is 33.3. The van der Waals surface area contributed by atoms with Gasteiger partial charge in [-0.1, -0.05) is 26.3 Å². The van der Waals surface area contributed by atoms with Gasteiger partial charge in [-0.25, -0.2) is 4.79 Å². The van der Waals surface area contributed by atoms with E-state index in [1.54, 1.807) is 0 Å². The molecule has 3 heterocycles. The van der Waals surface area contributed by atoms with Crippen molar-refractivity contribution in [1.29, 1.82) is 0 Å². The van der Waals surface area contributed by atoms with Crippen LogP contribution in [0.3, 0.4) is 0 Å². The molecule has 4 saturated carbocycles. The Morgan fingerprint density at radius 1 is 1.00 bits per heavy atom. The summed E-state index contributed by atoms with van der Waals surface area (Å²) in [5.41, 5.74) is -1.01. The Balaban J connectivity index is 1.09. The van der Waals surface area contributed by atoms with E-state index in [1.165, 1.54) is 0 Å². The van der Waals surface area contributed by atoms with Gasteiger partial charge < -0.3 is 54.7 Å². The molecule has 18 atom stereocenters. The molecule has 12 nitrogen and oxygen atoms in total. The van der Waals surface area contributed by atoms with Crippen LogP contribution in [0.2, 0.25) is 0 Å². The lowest BCUT2D eigenvalue weighted by Gasteiger charge is -2.64. The van der Waals surface area contributed by atoms with Crippen LogP contribution in [0.5, 0.6) is 0 Å². The summed E-state index contributed by atoms with van der Waals surface area (Å²) in [7, 11) is 0. The van der Waals surface area contributed by atoms with E-state index in [2.05, 4.69) is 13.8 Å². The van der Waals surface area contributed by atoms with Gasteiger partial charge in [-0.05, 0) is 67.6 Å². The van der Waals surface area contributed by atoms with Crippen LogP contribution < -0.4 is 0 Å². The normalized spacial score (nSPS) is 55.5. The van der Waals surface area contributed by atoms with Gasteiger partial charge in [0.25, 0.3) is 0 Å². The maximum atomic E-state index is 12.6. The molecule has 4 aliphatic carbocycles. The van der Waals surface area contributed by atoms with Crippen LogP contribution in [-0.2, 0) is 23.7 Å². The summed E-state index contributed by atoms with van der Waals surface area (Å²) in [4.78, 5) is 12.6. The first-order chi connectivity index (χ1) is 21.7. The van der Waals surface area contributed by atoms with Crippen molar-refractivity contribution in [3.63, 3.8) is 0 Å². The van der Waals surface area contributed by atoms with Crippen molar-refractivity contribution < 1.29 is 59.5 Å². The van der Waals surface area contributed by atoms with Crippen LogP contribution >= 0.6 is 0 Å². The van der Waals surface area contributed by atoms with Gasteiger partial charge in [-0.3, -0.25) is 0 Å². The summed E-state index contributed by atoms with van der Waals surface area (Å²) in [6, 6.07) is 0. The van der Waals surface area contributed by atoms with Crippen molar-refractivity contribution in [2.24, 2.45) is 40.4 Å². The average Bonchev–Trinajstić information content (AvgIpc) is 3.74. The van der Waals surface area contributed by atoms with E-state index in [4.69, 9.17) is 18.9 Å². The number of ether oxygens (including phenoxy) is 4. The second-order valence-electron chi connectivity index (χ2n) is 16.1. The average molecular weight is 653 g/mol. The second kappa shape index (κ2) is 11.4. The number of esters is 1. The number of epoxide rings is 1. The Kier molecular flexibility index (Phi) is 8.28. The van der Waals surface area contributed by atoms with Gasteiger partial charge in [-0.2, -0.15) is 0 Å². The van der Waals surface area contributed by atoms with Gasteiger partial charge in [0.1, 0.15) is 42.2 Å². The summed E-state index contributed by atoms with van der Waals surface area (Å²) >= 11 is 0. The molecule has 0 aromatic rings. The Morgan fingerprint density at radius 3 is 2.41 bits per heavy atom. The summed E-state index contributed by atoms with van der Waals surface area (Å²) in [5.74, 6) is 0.563. The smallest absolute Gasteiger partial charge is 0.336 e. The summed E-state index contributed by atoms with van der Waals surface area (Å²) < 4.78 is 23.9. The number of cyclic esters (lactones) is 1. The maximum absolute atomic E-state index is 12.6. The molecule has 0 amide bonds. The fourth-order valence-corrected chi connectivity index (χ4v) is 11.6. The zero-order valence-electron chi connectivity index (χ0n) is 27.2. The molecule has 7 rings (SSSR count). The van der Waals surface area contributed by atoms with Crippen molar-refractivity contribution in [2.45, 2.75) is 139 Å². The number of aliphatic hydroxyl groups excluding tert-OH is 6. The highest BCUT2D eigenvalue weighted by Gasteiger charge is 2.78. The summed E-state index contributed by atoms with van der Waals surface area (Å²) in [6.07, 6.45) is -4.92. The SMILES string of the molecule is CC1=C(CO)C(=O)OC([C@@H](C)[C@H]2CC[C@H]3[C@@H]4[C@@H]5O[C@@H]5C5(O)C[C@@H](O[C@@H]6O[C@H](CO)[C@@H](O)[C@H](O)[C@H]6O)C[C@H](O)[C@]5(C)[C@H]4CC[C@]23C)C1. The van der Waals surface area contributed by atoms with Crippen molar-refractivity contribution in [3.05, 3.63) is 11.1 Å². The minimum atomic E-state index is -1.58. The lowest BCUT2D eigenvalue weighted by molar-refractivity contribution is -0.329. The van der Waals surface area contributed by atoms with Gasteiger partial charge in [-0.15, -0.1) is 0 Å². The molecule has 2 unspecified atom stereocenters. The van der Waals surface area contributed by atoms with Crippen molar-refractivity contribution in [1.82, 2.24) is 0 Å². The molecule has 0 radical (unpaired) electrons. The van der Waals surface area contributed by atoms with Gasteiger partial charge in [0.05, 0.1) is 37.1 Å². The number of aliphatic hydroxyl groups is 7. The van der Waals surface area contributed by atoms with E-state index in [0.717, 1.165) is 31.3 Å². The predicted molar refractivity (Wildman–Crippen MR) is 160 cm³/mol. The van der Waals surface area contributed by atoms with Crippen LogP contribution in [0, 0.1) is 40.4 Å². The Morgan fingerprint density at radius 2 is 1.74 bits per heavy atom. The minimum Gasteiger partial charge on any atom is -0.458 e. The molecule has 7 N–H and O–H groups in total. The van der Waals surface area contributed by atoms with Gasteiger partial charge in [0.15, 0.2) is 6.29 Å². The van der Waals surface area contributed by atoms with E-state index < -0.39 is 72.6 Å². The molecule has 46 heavy (non-hydrogen) atoms. The summed E-state index contributed by atoms with van der Waals surface area (Å²) in [6.45, 7) is 7.57. The van der Waals surface area contributed by atoms with E-state index in [0.29, 0.717) is 23.8 Å². The first-order valence-electron chi connectivity index (χ1n) is 17.2. The van der Waals surface area contributed by atoms with Crippen LogP contribution in [0.15, 0.2) is 11.1 Å². The lowest BCUT2D eigenvalue weighted by atomic mass is 9.42. The molecule has 0 aromatic heterocycles. The fraction of sp³-hybridized carbons (Fsp3) is 0.912. The first-order valence-corrected chi connectivity index (χ1v) is 17.2. The van der Waals surface area contributed by atoms with Crippen LogP contribution in [0.1, 0.15) is 72.6 Å². The number of carbonyl (C=O) groups excluding carboxylic acids is 1. The highest BCUT2D eigenvalue weighted by molar-refractivity contribution is 5.90. The predicted octanol–water partition coefficient (Wildman–Crippen LogP) is 0.164. The van der Waals surface area contributed by atoms with Crippen molar-refractivity contribution >= 4 is 5.97 Å². The van der Waals surface area contributed by atoms with E-state index >= 15 is 0 Å². The number of hydrogen-bond donors (Lipinski definition) is 7. The highest BCUT2D eigenvalue weighted by atomic mass is 16.7. The van der Waals surface area contributed by atoms with E-state index in [-0.39, 0.29) is 54.8 Å². The Hall–Kier alpha value is -1.19. The molecule has 7 aliphatic rings. The van der Waals surface area contributed by atoms with Gasteiger partial charge in [0, 0.05) is 24.7 Å². The van der Waals surface area contributed by atoms with Gasteiger partial charge >= 0.3 is 5.97 Å². The van der Waals surface area contributed by atoms with E-state index in [9.17, 15) is 40.5 Å². The molecule has 12 heteroatoms. The largest absolute Gasteiger partial charge is 0.458 e. The van der Waals surface area contributed by atoms with Crippen LogP contribution in [0.25, 0.3) is 0 Å². The Bertz CT molecular complexity index is 1240. The molecule has 6 fully saturated rings. The standard InChI is InChI=1S/C34H52O12/c1-14-9-21(44-30(41)17(14)12-35)15(2)18-5-6-19-24-20(7-8-32(18,19)3)33(4)23(37)10-16(11-34(33,42)29-28(24)46-29)43-31-27(40)26(39)25(38)22(13-36)45-31/h15-16,18-29,31,35-40,42H,5-13H2,1-4H3/t15-,16-,18+,19-,20-,21?,22+,23-,24-,25+,26-,27+,28-,29-,31+,32+,33-,34?/m0/s1. The van der Waals surface area contributed by atoms with Crippen LogP contribution in [0.4, 0.5) is 0 Å². The molecule has 0 spiro atoms. The fourth-order valence-electron chi connectivity index (χ4n) is 11.6. The monoisotopic (exact) mass is 652 g/mol. The van der Waals surface area contributed by atoms with Gasteiger partial charge in [0.2, 0.25) is 0 Å². The lowest BCUT2D eigenvalue weighted by Crippen LogP contribution is -2.71. The quantitative estimate of drug-likeness (QED) is 0.117.